The number of ether oxygens (including phenoxy) is 1. The quantitative estimate of drug-likeness (QED) is 0.783. The number of anilines is 1. The van der Waals surface area contributed by atoms with Crippen LogP contribution in [0.3, 0.4) is 0 Å². The summed E-state index contributed by atoms with van der Waals surface area (Å²) in [6.45, 7) is 4.00. The largest absolute Gasteiger partial charge is 0.484 e. The third-order valence-corrected chi connectivity index (χ3v) is 4.19. The number of amides is 3. The number of carbonyl (C=O) groups excluding carboxylic acids is 2. The number of nitrogens with zero attached hydrogens (tertiary/aromatic N) is 1. The molecular weight excluding hydrogens is 342 g/mol. The summed E-state index contributed by atoms with van der Waals surface area (Å²) in [7, 11) is 3.34. The minimum absolute atomic E-state index is 0.0482. The van der Waals surface area contributed by atoms with Crippen molar-refractivity contribution in [2.45, 2.75) is 26.3 Å². The van der Waals surface area contributed by atoms with E-state index in [9.17, 15) is 9.59 Å². The summed E-state index contributed by atoms with van der Waals surface area (Å²) >= 11 is 0. The highest BCUT2D eigenvalue weighted by Gasteiger charge is 2.10. The highest BCUT2D eigenvalue weighted by Crippen LogP contribution is 2.18. The van der Waals surface area contributed by atoms with E-state index in [1.54, 1.807) is 38.4 Å². The van der Waals surface area contributed by atoms with Gasteiger partial charge in [-0.2, -0.15) is 0 Å². The molecule has 1 atom stereocenters. The van der Waals surface area contributed by atoms with Gasteiger partial charge in [-0.15, -0.1) is 0 Å². The second-order valence-corrected chi connectivity index (χ2v) is 6.52. The van der Waals surface area contributed by atoms with Gasteiger partial charge in [0.2, 0.25) is 0 Å². The third kappa shape index (κ3) is 6.33. The van der Waals surface area contributed by atoms with Crippen LogP contribution in [0.15, 0.2) is 48.5 Å². The minimum Gasteiger partial charge on any atom is -0.484 e. The van der Waals surface area contributed by atoms with Gasteiger partial charge in [0.15, 0.2) is 6.61 Å². The summed E-state index contributed by atoms with van der Waals surface area (Å²) in [5, 5.41) is 5.71. The van der Waals surface area contributed by atoms with Gasteiger partial charge in [0, 0.05) is 25.8 Å². The van der Waals surface area contributed by atoms with Gasteiger partial charge in [-0.3, -0.25) is 4.79 Å². The molecule has 0 aliphatic rings. The topological polar surface area (TPSA) is 70.7 Å². The van der Waals surface area contributed by atoms with E-state index < -0.39 is 0 Å². The van der Waals surface area contributed by atoms with Crippen LogP contribution >= 0.6 is 0 Å². The van der Waals surface area contributed by atoms with E-state index in [1.165, 1.54) is 10.5 Å². The molecular formula is C21H27N3O3. The number of nitrogens with one attached hydrogen (secondary N) is 2. The highest BCUT2D eigenvalue weighted by molar-refractivity contribution is 5.89. The number of aryl methyl sites for hydroxylation is 1. The summed E-state index contributed by atoms with van der Waals surface area (Å²) in [6.07, 6.45) is 0.987. The van der Waals surface area contributed by atoms with Crippen molar-refractivity contribution in [3.63, 3.8) is 0 Å². The number of hydrogen-bond donors (Lipinski definition) is 2. The molecule has 2 aromatic carbocycles. The maximum Gasteiger partial charge on any atom is 0.319 e. The molecule has 0 aliphatic carbocycles. The molecule has 0 saturated carbocycles. The summed E-state index contributed by atoms with van der Waals surface area (Å²) in [6, 6.07) is 14.7. The Balaban J connectivity index is 1.90. The first kappa shape index (κ1) is 20.3. The number of carbonyl (C=O) groups is 2. The highest BCUT2D eigenvalue weighted by atomic mass is 16.5. The lowest BCUT2D eigenvalue weighted by Crippen LogP contribution is -2.31. The van der Waals surface area contributed by atoms with Crippen molar-refractivity contribution < 1.29 is 14.3 Å². The SMILES string of the molecule is CCc1ccc(C(C)NC(=O)Nc2cccc(OCC(=O)N(C)C)c2)cc1. The van der Waals surface area contributed by atoms with Crippen LogP contribution in [0.1, 0.15) is 31.0 Å². The molecule has 0 radical (unpaired) electrons. The van der Waals surface area contributed by atoms with Gasteiger partial charge < -0.3 is 20.3 Å². The van der Waals surface area contributed by atoms with Crippen LogP contribution in [0, 0.1) is 0 Å². The number of likely N-dealkylation sites (N-methyl/N-ethyl adjacent to an activating group) is 1. The zero-order chi connectivity index (χ0) is 19.8. The average molecular weight is 369 g/mol. The van der Waals surface area contributed by atoms with E-state index in [1.807, 2.05) is 19.1 Å². The maximum atomic E-state index is 12.3. The molecule has 0 aliphatic heterocycles. The van der Waals surface area contributed by atoms with Crippen LogP contribution in [0.2, 0.25) is 0 Å². The predicted molar refractivity (Wildman–Crippen MR) is 107 cm³/mol. The van der Waals surface area contributed by atoms with Crippen LogP contribution in [0.4, 0.5) is 10.5 Å². The molecule has 3 amide bonds. The summed E-state index contributed by atoms with van der Waals surface area (Å²) in [4.78, 5) is 25.3. The summed E-state index contributed by atoms with van der Waals surface area (Å²) in [5.41, 5.74) is 2.90. The first-order chi connectivity index (χ1) is 12.9. The molecule has 0 saturated heterocycles. The first-order valence-electron chi connectivity index (χ1n) is 8.98. The summed E-state index contributed by atoms with van der Waals surface area (Å²) in [5.74, 6) is 0.389. The Morgan fingerprint density at radius 1 is 1.11 bits per heavy atom. The molecule has 2 aromatic rings. The van der Waals surface area contributed by atoms with Gasteiger partial charge in [0.25, 0.3) is 5.91 Å². The lowest BCUT2D eigenvalue weighted by atomic mass is 10.1. The second-order valence-electron chi connectivity index (χ2n) is 6.52. The Morgan fingerprint density at radius 3 is 2.44 bits per heavy atom. The normalized spacial score (nSPS) is 11.4. The van der Waals surface area contributed by atoms with Gasteiger partial charge in [-0.1, -0.05) is 37.3 Å². The minimum atomic E-state index is -0.302. The van der Waals surface area contributed by atoms with Crippen molar-refractivity contribution in [3.05, 3.63) is 59.7 Å². The predicted octanol–water partition coefficient (Wildman–Crippen LogP) is 3.60. The van der Waals surface area contributed by atoms with Crippen molar-refractivity contribution in [3.8, 4) is 5.75 Å². The van der Waals surface area contributed by atoms with Crippen molar-refractivity contribution in [2.24, 2.45) is 0 Å². The van der Waals surface area contributed by atoms with E-state index >= 15 is 0 Å². The summed E-state index contributed by atoms with van der Waals surface area (Å²) < 4.78 is 5.46. The lowest BCUT2D eigenvalue weighted by molar-refractivity contribution is -0.130. The number of hydrogen-bond acceptors (Lipinski definition) is 3. The Labute approximate surface area is 160 Å². The molecule has 6 heteroatoms. The van der Waals surface area contributed by atoms with Crippen molar-refractivity contribution >= 4 is 17.6 Å². The number of benzene rings is 2. The third-order valence-electron chi connectivity index (χ3n) is 4.19. The molecule has 0 heterocycles. The zero-order valence-corrected chi connectivity index (χ0v) is 16.3. The van der Waals surface area contributed by atoms with E-state index in [0.29, 0.717) is 11.4 Å². The van der Waals surface area contributed by atoms with Crippen LogP contribution in [-0.2, 0) is 11.2 Å². The standard InChI is InChI=1S/C21H27N3O3/c1-5-16-9-11-17(12-10-16)15(2)22-21(26)23-18-7-6-8-19(13-18)27-14-20(25)24(3)4/h6-13,15H,5,14H2,1-4H3,(H2,22,23,26). The molecule has 6 nitrogen and oxygen atoms in total. The van der Waals surface area contributed by atoms with Crippen molar-refractivity contribution in [2.75, 3.05) is 26.0 Å². The molecule has 144 valence electrons. The Hall–Kier alpha value is -3.02. The lowest BCUT2D eigenvalue weighted by Gasteiger charge is -2.16. The van der Waals surface area contributed by atoms with Gasteiger partial charge in [-0.05, 0) is 36.6 Å². The Morgan fingerprint density at radius 2 is 1.81 bits per heavy atom. The average Bonchev–Trinajstić information content (AvgIpc) is 2.66. The number of urea groups is 1. The molecule has 0 bridgehead atoms. The van der Waals surface area contributed by atoms with Crippen LogP contribution in [0.25, 0.3) is 0 Å². The van der Waals surface area contributed by atoms with E-state index in [-0.39, 0.29) is 24.6 Å². The fraction of sp³-hybridized carbons (Fsp3) is 0.333. The first-order valence-corrected chi connectivity index (χ1v) is 8.98. The van der Waals surface area contributed by atoms with E-state index in [0.717, 1.165) is 12.0 Å². The van der Waals surface area contributed by atoms with Crippen molar-refractivity contribution in [1.29, 1.82) is 0 Å². The van der Waals surface area contributed by atoms with Gasteiger partial charge in [0.1, 0.15) is 5.75 Å². The monoisotopic (exact) mass is 369 g/mol. The smallest absolute Gasteiger partial charge is 0.319 e. The van der Waals surface area contributed by atoms with E-state index in [4.69, 9.17) is 4.74 Å². The fourth-order valence-electron chi connectivity index (χ4n) is 2.43. The van der Waals surface area contributed by atoms with Crippen LogP contribution in [0.5, 0.6) is 5.75 Å². The second kappa shape index (κ2) is 9.62. The zero-order valence-electron chi connectivity index (χ0n) is 16.3. The van der Waals surface area contributed by atoms with Crippen LogP contribution in [-0.4, -0.2) is 37.5 Å². The molecule has 1 unspecified atom stereocenters. The van der Waals surface area contributed by atoms with Crippen molar-refractivity contribution in [1.82, 2.24) is 10.2 Å². The maximum absolute atomic E-state index is 12.3. The van der Waals surface area contributed by atoms with Gasteiger partial charge in [0.05, 0.1) is 6.04 Å². The van der Waals surface area contributed by atoms with E-state index in [2.05, 4.69) is 29.7 Å². The molecule has 2 N–H and O–H groups in total. The molecule has 0 fully saturated rings. The molecule has 27 heavy (non-hydrogen) atoms. The fourth-order valence-corrected chi connectivity index (χ4v) is 2.43. The molecule has 2 rings (SSSR count). The Bertz CT molecular complexity index is 772. The molecule has 0 aromatic heterocycles. The number of rotatable bonds is 7. The Kier molecular flexibility index (Phi) is 7.23. The van der Waals surface area contributed by atoms with Crippen LogP contribution < -0.4 is 15.4 Å². The van der Waals surface area contributed by atoms with Gasteiger partial charge >= 0.3 is 6.03 Å². The van der Waals surface area contributed by atoms with Gasteiger partial charge in [-0.25, -0.2) is 4.79 Å². The molecule has 0 spiro atoms.